The second-order valence-corrected chi connectivity index (χ2v) is 5.01. The van der Waals surface area contributed by atoms with Gasteiger partial charge in [-0.1, -0.05) is 65.8 Å². The predicted octanol–water partition coefficient (Wildman–Crippen LogP) is 2.90. The van der Waals surface area contributed by atoms with Gasteiger partial charge in [-0.05, 0) is 17.5 Å². The zero-order valence-electron chi connectivity index (χ0n) is 11.6. The molecule has 0 unspecified atom stereocenters. The molecule has 0 saturated heterocycles. The van der Waals surface area contributed by atoms with Crippen molar-refractivity contribution in [2.24, 2.45) is 5.73 Å². The number of aromatic nitrogens is 2. The number of rotatable bonds is 5. The molecule has 21 heavy (non-hydrogen) atoms. The summed E-state index contributed by atoms with van der Waals surface area (Å²) in [6.45, 7) is 0. The fourth-order valence-corrected chi connectivity index (χ4v) is 2.22. The van der Waals surface area contributed by atoms with Crippen LogP contribution in [-0.4, -0.2) is 10.1 Å². The molecular formula is C17H17N3O. The fraction of sp³-hybridized carbons (Fsp3) is 0.176. The molecule has 3 aromatic rings. The number of nitrogens with zero attached hydrogens (tertiary/aromatic N) is 2. The highest BCUT2D eigenvalue weighted by Gasteiger charge is 2.15. The molecule has 0 amide bonds. The first kappa shape index (κ1) is 13.5. The number of hydrogen-bond donors (Lipinski definition) is 1. The molecule has 0 radical (unpaired) electrons. The van der Waals surface area contributed by atoms with Gasteiger partial charge in [-0.2, -0.15) is 4.98 Å². The van der Waals surface area contributed by atoms with E-state index in [2.05, 4.69) is 10.1 Å². The summed E-state index contributed by atoms with van der Waals surface area (Å²) >= 11 is 0. The highest BCUT2D eigenvalue weighted by Crippen LogP contribution is 2.15. The Labute approximate surface area is 123 Å². The van der Waals surface area contributed by atoms with Crippen LogP contribution in [0.15, 0.2) is 65.2 Å². The first-order valence-electron chi connectivity index (χ1n) is 6.97. The Balaban J connectivity index is 1.67. The van der Waals surface area contributed by atoms with Crippen molar-refractivity contribution >= 4 is 0 Å². The van der Waals surface area contributed by atoms with Gasteiger partial charge in [0.05, 0.1) is 6.04 Å². The van der Waals surface area contributed by atoms with E-state index in [9.17, 15) is 0 Å². The lowest BCUT2D eigenvalue weighted by molar-refractivity contribution is 0.350. The molecule has 0 aliphatic carbocycles. The maximum atomic E-state index is 6.14. The standard InChI is InChI=1S/C17H17N3O/c18-15(11-13-7-3-1-4-8-13)17-19-16(20-21-17)12-14-9-5-2-6-10-14/h1-10,15H,11-12,18H2/t15-/m0/s1. The van der Waals surface area contributed by atoms with Crippen LogP contribution in [0.5, 0.6) is 0 Å². The summed E-state index contributed by atoms with van der Waals surface area (Å²) in [5.74, 6) is 1.16. The average molecular weight is 279 g/mol. The van der Waals surface area contributed by atoms with Gasteiger partial charge >= 0.3 is 0 Å². The molecule has 2 N–H and O–H groups in total. The van der Waals surface area contributed by atoms with Crippen LogP contribution in [0, 0.1) is 0 Å². The van der Waals surface area contributed by atoms with E-state index >= 15 is 0 Å². The molecular weight excluding hydrogens is 262 g/mol. The molecule has 106 valence electrons. The molecule has 0 saturated carbocycles. The molecule has 0 aliphatic heterocycles. The minimum Gasteiger partial charge on any atom is -0.338 e. The molecule has 1 aromatic heterocycles. The van der Waals surface area contributed by atoms with E-state index in [-0.39, 0.29) is 6.04 Å². The molecule has 1 heterocycles. The largest absolute Gasteiger partial charge is 0.338 e. The van der Waals surface area contributed by atoms with Gasteiger partial charge in [0.15, 0.2) is 5.82 Å². The van der Waals surface area contributed by atoms with Gasteiger partial charge < -0.3 is 10.3 Å². The monoisotopic (exact) mass is 279 g/mol. The van der Waals surface area contributed by atoms with E-state index < -0.39 is 0 Å². The minimum atomic E-state index is -0.274. The van der Waals surface area contributed by atoms with Crippen LogP contribution < -0.4 is 5.73 Å². The Morgan fingerprint density at radius 1 is 0.905 bits per heavy atom. The second kappa shape index (κ2) is 6.33. The topological polar surface area (TPSA) is 64.9 Å². The second-order valence-electron chi connectivity index (χ2n) is 5.01. The van der Waals surface area contributed by atoms with Gasteiger partial charge in [0.2, 0.25) is 5.89 Å². The van der Waals surface area contributed by atoms with Crippen LogP contribution in [0.1, 0.15) is 28.9 Å². The molecule has 0 bridgehead atoms. The third-order valence-corrected chi connectivity index (χ3v) is 3.30. The Morgan fingerprint density at radius 3 is 2.19 bits per heavy atom. The molecule has 0 spiro atoms. The lowest BCUT2D eigenvalue weighted by Crippen LogP contribution is -2.13. The average Bonchev–Trinajstić information content (AvgIpc) is 2.98. The van der Waals surface area contributed by atoms with Crippen molar-refractivity contribution in [3.63, 3.8) is 0 Å². The summed E-state index contributed by atoms with van der Waals surface area (Å²) in [4.78, 5) is 4.40. The summed E-state index contributed by atoms with van der Waals surface area (Å²) in [5.41, 5.74) is 8.45. The molecule has 1 atom stereocenters. The van der Waals surface area contributed by atoms with E-state index in [0.29, 0.717) is 24.6 Å². The van der Waals surface area contributed by atoms with E-state index in [1.54, 1.807) is 0 Å². The van der Waals surface area contributed by atoms with Gasteiger partial charge in [-0.25, -0.2) is 0 Å². The van der Waals surface area contributed by atoms with Gasteiger partial charge in [-0.3, -0.25) is 0 Å². The Bertz CT molecular complexity index is 680. The van der Waals surface area contributed by atoms with Crippen LogP contribution in [-0.2, 0) is 12.8 Å². The maximum Gasteiger partial charge on any atom is 0.243 e. The van der Waals surface area contributed by atoms with E-state index in [1.807, 2.05) is 60.7 Å². The molecule has 3 rings (SSSR count). The van der Waals surface area contributed by atoms with Crippen LogP contribution in [0.3, 0.4) is 0 Å². The smallest absolute Gasteiger partial charge is 0.243 e. The first-order chi connectivity index (χ1) is 10.3. The lowest BCUT2D eigenvalue weighted by Gasteiger charge is -2.05. The third kappa shape index (κ3) is 3.55. The SMILES string of the molecule is N[C@@H](Cc1ccccc1)c1nc(Cc2ccccc2)no1. The Kier molecular flexibility index (Phi) is 4.07. The minimum absolute atomic E-state index is 0.274. The zero-order chi connectivity index (χ0) is 14.5. The molecule has 0 aliphatic rings. The van der Waals surface area contributed by atoms with Crippen LogP contribution in [0.4, 0.5) is 0 Å². The van der Waals surface area contributed by atoms with Crippen LogP contribution in [0.2, 0.25) is 0 Å². The summed E-state index contributed by atoms with van der Waals surface area (Å²) < 4.78 is 5.28. The van der Waals surface area contributed by atoms with E-state index in [1.165, 1.54) is 0 Å². The quantitative estimate of drug-likeness (QED) is 0.780. The zero-order valence-corrected chi connectivity index (χ0v) is 11.6. The number of nitrogens with two attached hydrogens (primary N) is 1. The van der Waals surface area contributed by atoms with Gasteiger partial charge in [0.1, 0.15) is 0 Å². The van der Waals surface area contributed by atoms with Crippen molar-refractivity contribution in [1.82, 2.24) is 10.1 Å². The summed E-state index contributed by atoms with van der Waals surface area (Å²) in [5, 5.41) is 4.01. The van der Waals surface area contributed by atoms with Crippen molar-refractivity contribution in [3.8, 4) is 0 Å². The third-order valence-electron chi connectivity index (χ3n) is 3.30. The molecule has 0 fully saturated rings. The number of benzene rings is 2. The molecule has 4 nitrogen and oxygen atoms in total. The first-order valence-corrected chi connectivity index (χ1v) is 6.97. The maximum absolute atomic E-state index is 6.14. The normalized spacial score (nSPS) is 12.2. The summed E-state index contributed by atoms with van der Waals surface area (Å²) in [7, 11) is 0. The van der Waals surface area contributed by atoms with Crippen LogP contribution in [0.25, 0.3) is 0 Å². The lowest BCUT2D eigenvalue weighted by atomic mass is 10.1. The highest BCUT2D eigenvalue weighted by molar-refractivity contribution is 5.19. The van der Waals surface area contributed by atoms with Gasteiger partial charge in [-0.15, -0.1) is 0 Å². The van der Waals surface area contributed by atoms with Crippen molar-refractivity contribution in [2.45, 2.75) is 18.9 Å². The van der Waals surface area contributed by atoms with E-state index in [4.69, 9.17) is 10.3 Å². The number of hydrogen-bond acceptors (Lipinski definition) is 4. The van der Waals surface area contributed by atoms with Crippen molar-refractivity contribution in [3.05, 3.63) is 83.5 Å². The summed E-state index contributed by atoms with van der Waals surface area (Å²) in [6, 6.07) is 19.9. The molecule has 4 heteroatoms. The highest BCUT2D eigenvalue weighted by atomic mass is 16.5. The Morgan fingerprint density at radius 2 is 1.52 bits per heavy atom. The predicted molar refractivity (Wildman–Crippen MR) is 80.6 cm³/mol. The van der Waals surface area contributed by atoms with Gasteiger partial charge in [0, 0.05) is 6.42 Å². The van der Waals surface area contributed by atoms with Crippen molar-refractivity contribution in [2.75, 3.05) is 0 Å². The van der Waals surface area contributed by atoms with E-state index in [0.717, 1.165) is 11.1 Å². The van der Waals surface area contributed by atoms with Crippen molar-refractivity contribution in [1.29, 1.82) is 0 Å². The van der Waals surface area contributed by atoms with Crippen molar-refractivity contribution < 1.29 is 4.52 Å². The van der Waals surface area contributed by atoms with Gasteiger partial charge in [0.25, 0.3) is 0 Å². The molecule has 2 aromatic carbocycles. The van der Waals surface area contributed by atoms with Crippen LogP contribution >= 0.6 is 0 Å². The fourth-order valence-electron chi connectivity index (χ4n) is 2.22. The summed E-state index contributed by atoms with van der Waals surface area (Å²) in [6.07, 6.45) is 1.34. The Hall–Kier alpha value is -2.46.